The number of rotatable bonds is 5. The van der Waals surface area contributed by atoms with Gasteiger partial charge in [0.15, 0.2) is 0 Å². The topological polar surface area (TPSA) is 71.9 Å². The van der Waals surface area contributed by atoms with E-state index in [1.165, 1.54) is 4.31 Å². The van der Waals surface area contributed by atoms with Crippen molar-refractivity contribution in [2.75, 3.05) is 38.3 Å². The molecule has 6 rings (SSSR count). The molecule has 2 aliphatic rings. The second-order valence-electron chi connectivity index (χ2n) is 9.44. The lowest BCUT2D eigenvalue weighted by atomic mass is 10.0. The van der Waals surface area contributed by atoms with Crippen molar-refractivity contribution in [2.24, 2.45) is 0 Å². The van der Waals surface area contributed by atoms with Crippen molar-refractivity contribution in [3.8, 4) is 0 Å². The lowest BCUT2D eigenvalue weighted by molar-refractivity contribution is -0.112. The third-order valence-electron chi connectivity index (χ3n) is 7.18. The van der Waals surface area contributed by atoms with E-state index in [2.05, 4.69) is 4.57 Å². The van der Waals surface area contributed by atoms with Crippen molar-refractivity contribution in [2.45, 2.75) is 11.4 Å². The van der Waals surface area contributed by atoms with Crippen molar-refractivity contribution in [1.29, 1.82) is 0 Å². The zero-order valence-corrected chi connectivity index (χ0v) is 22.4. The van der Waals surface area contributed by atoms with E-state index in [4.69, 9.17) is 16.3 Å². The van der Waals surface area contributed by atoms with Gasteiger partial charge in [-0.25, -0.2) is 8.42 Å². The van der Waals surface area contributed by atoms with Gasteiger partial charge in [0.05, 0.1) is 23.8 Å². The average molecular weight is 548 g/mol. The molecule has 194 valence electrons. The number of amides is 1. The van der Waals surface area contributed by atoms with Crippen LogP contribution in [0, 0.1) is 0 Å². The molecule has 38 heavy (non-hydrogen) atoms. The van der Waals surface area contributed by atoms with Crippen LogP contribution in [0.2, 0.25) is 5.02 Å². The summed E-state index contributed by atoms with van der Waals surface area (Å²) in [5.41, 5.74) is 4.63. The number of aromatic nitrogens is 1. The number of morpholine rings is 1. The predicted octanol–water partition coefficient (Wildman–Crippen LogP) is 4.88. The number of sulfonamides is 1. The summed E-state index contributed by atoms with van der Waals surface area (Å²) in [6.45, 7) is 1.94. The van der Waals surface area contributed by atoms with Crippen molar-refractivity contribution in [3.63, 3.8) is 0 Å². The van der Waals surface area contributed by atoms with Crippen molar-refractivity contribution < 1.29 is 17.9 Å². The SMILES string of the molecule is CN1C(=O)C(=Cc2cn(Cc3ccccc3Cl)c3ccccc23)c2cc(S(=O)(=O)N3CCOCC3)ccc21. The van der Waals surface area contributed by atoms with Crippen LogP contribution >= 0.6 is 11.6 Å². The van der Waals surface area contributed by atoms with Crippen LogP contribution in [0.15, 0.2) is 77.8 Å². The molecular weight excluding hydrogens is 522 g/mol. The fraction of sp³-hybridized carbons (Fsp3) is 0.207. The highest BCUT2D eigenvalue weighted by molar-refractivity contribution is 7.89. The first-order chi connectivity index (χ1) is 18.3. The maximum Gasteiger partial charge on any atom is 0.258 e. The number of fused-ring (bicyclic) bond motifs is 2. The maximum atomic E-state index is 13.4. The van der Waals surface area contributed by atoms with Gasteiger partial charge in [0, 0.05) is 65.5 Å². The van der Waals surface area contributed by atoms with Crippen LogP contribution in [0.4, 0.5) is 5.69 Å². The van der Waals surface area contributed by atoms with Crippen molar-refractivity contribution >= 4 is 55.8 Å². The number of hydrogen-bond acceptors (Lipinski definition) is 4. The van der Waals surface area contributed by atoms with E-state index in [1.54, 1.807) is 30.1 Å². The maximum absolute atomic E-state index is 13.4. The first-order valence-electron chi connectivity index (χ1n) is 12.4. The number of likely N-dealkylation sites (N-methyl/N-ethyl adjacent to an activating group) is 1. The predicted molar refractivity (Wildman–Crippen MR) is 150 cm³/mol. The van der Waals surface area contributed by atoms with Crippen molar-refractivity contribution in [1.82, 2.24) is 8.87 Å². The van der Waals surface area contributed by atoms with Gasteiger partial charge in [-0.3, -0.25) is 4.79 Å². The Balaban J connectivity index is 1.44. The smallest absolute Gasteiger partial charge is 0.258 e. The molecule has 1 fully saturated rings. The normalized spacial score (nSPS) is 17.5. The van der Waals surface area contributed by atoms with Crippen LogP contribution in [-0.4, -0.2) is 56.5 Å². The summed E-state index contributed by atoms with van der Waals surface area (Å²) in [5, 5.41) is 1.69. The molecule has 7 nitrogen and oxygen atoms in total. The second kappa shape index (κ2) is 9.71. The van der Waals surface area contributed by atoms with E-state index >= 15 is 0 Å². The number of carbonyl (C=O) groups is 1. The van der Waals surface area contributed by atoms with Crippen molar-refractivity contribution in [3.05, 3.63) is 94.6 Å². The van der Waals surface area contributed by atoms with Crippen LogP contribution in [0.25, 0.3) is 22.6 Å². The number of nitrogens with zero attached hydrogens (tertiary/aromatic N) is 3. The molecule has 3 aromatic carbocycles. The molecule has 4 aromatic rings. The number of ether oxygens (including phenoxy) is 1. The Morgan fingerprint density at radius 1 is 1.00 bits per heavy atom. The van der Waals surface area contributed by atoms with E-state index in [9.17, 15) is 13.2 Å². The Labute approximate surface area is 226 Å². The van der Waals surface area contributed by atoms with E-state index in [1.807, 2.05) is 60.8 Å². The van der Waals surface area contributed by atoms with Gasteiger partial charge in [0.1, 0.15) is 0 Å². The van der Waals surface area contributed by atoms with E-state index in [0.717, 1.165) is 22.0 Å². The molecule has 1 aromatic heterocycles. The summed E-state index contributed by atoms with van der Waals surface area (Å²) in [4.78, 5) is 15.1. The quantitative estimate of drug-likeness (QED) is 0.334. The molecule has 2 aliphatic heterocycles. The molecule has 0 aliphatic carbocycles. The minimum Gasteiger partial charge on any atom is -0.379 e. The van der Waals surface area contributed by atoms with Crippen LogP contribution in [0.5, 0.6) is 0 Å². The molecule has 3 heterocycles. The average Bonchev–Trinajstić information content (AvgIpc) is 3.40. The summed E-state index contributed by atoms with van der Waals surface area (Å²) < 4.78 is 35.5. The van der Waals surface area contributed by atoms with Crippen LogP contribution < -0.4 is 4.90 Å². The van der Waals surface area contributed by atoms with Gasteiger partial charge in [-0.05, 0) is 42.0 Å². The Morgan fingerprint density at radius 2 is 1.74 bits per heavy atom. The fourth-order valence-electron chi connectivity index (χ4n) is 5.15. The molecule has 0 spiro atoms. The third kappa shape index (κ3) is 4.23. The third-order valence-corrected chi connectivity index (χ3v) is 9.44. The van der Waals surface area contributed by atoms with Gasteiger partial charge in [-0.2, -0.15) is 4.31 Å². The van der Waals surface area contributed by atoms with Gasteiger partial charge in [-0.1, -0.05) is 48.0 Å². The molecule has 0 N–H and O–H groups in total. The number of anilines is 1. The number of hydrogen-bond donors (Lipinski definition) is 0. The summed E-state index contributed by atoms with van der Waals surface area (Å²) >= 11 is 6.43. The van der Waals surface area contributed by atoms with Gasteiger partial charge in [0.2, 0.25) is 10.0 Å². The summed E-state index contributed by atoms with van der Waals surface area (Å²) in [7, 11) is -2.00. The molecule has 0 unspecified atom stereocenters. The number of halogens is 1. The molecule has 0 atom stereocenters. The molecular formula is C29H26ClN3O4S. The lowest BCUT2D eigenvalue weighted by Crippen LogP contribution is -2.40. The zero-order chi connectivity index (χ0) is 26.4. The summed E-state index contributed by atoms with van der Waals surface area (Å²) in [6.07, 6.45) is 3.88. The van der Waals surface area contributed by atoms with Gasteiger partial charge >= 0.3 is 0 Å². The largest absolute Gasteiger partial charge is 0.379 e. The Bertz CT molecular complexity index is 1700. The Hall–Kier alpha value is -3.43. The monoisotopic (exact) mass is 547 g/mol. The minimum atomic E-state index is -3.70. The number of para-hydroxylation sites is 1. The zero-order valence-electron chi connectivity index (χ0n) is 20.8. The number of benzene rings is 3. The molecule has 0 radical (unpaired) electrons. The van der Waals surface area contributed by atoms with Crippen LogP contribution in [0.3, 0.4) is 0 Å². The molecule has 9 heteroatoms. The van der Waals surface area contributed by atoms with Gasteiger partial charge in [-0.15, -0.1) is 0 Å². The first-order valence-corrected chi connectivity index (χ1v) is 14.2. The molecule has 0 bridgehead atoms. The van der Waals surface area contributed by atoms with Crippen LogP contribution in [-0.2, 0) is 26.1 Å². The van der Waals surface area contributed by atoms with E-state index in [-0.39, 0.29) is 10.8 Å². The first kappa shape index (κ1) is 24.9. The standard InChI is InChI=1S/C29H26ClN3O4S/c1-31-27-11-10-22(38(35,36)33-12-14-37-15-13-33)17-24(27)25(29(31)34)16-21-19-32(28-9-5-3-7-23(21)28)18-20-6-2-4-8-26(20)30/h2-11,16-17,19H,12-15,18H2,1H3. The second-order valence-corrected chi connectivity index (χ2v) is 11.8. The molecule has 0 saturated carbocycles. The van der Waals surface area contributed by atoms with Gasteiger partial charge in [0.25, 0.3) is 5.91 Å². The highest BCUT2D eigenvalue weighted by Gasteiger charge is 2.33. The summed E-state index contributed by atoms with van der Waals surface area (Å²) in [5.74, 6) is -0.177. The highest BCUT2D eigenvalue weighted by atomic mass is 35.5. The minimum absolute atomic E-state index is 0.174. The Kier molecular flexibility index (Phi) is 6.36. The summed E-state index contributed by atoms with van der Waals surface area (Å²) in [6, 6.07) is 20.7. The fourth-order valence-corrected chi connectivity index (χ4v) is 6.78. The number of carbonyl (C=O) groups excluding carboxylic acids is 1. The molecule has 1 amide bonds. The lowest BCUT2D eigenvalue weighted by Gasteiger charge is -2.26. The van der Waals surface area contributed by atoms with E-state index in [0.29, 0.717) is 54.7 Å². The highest BCUT2D eigenvalue weighted by Crippen LogP contribution is 2.39. The Morgan fingerprint density at radius 3 is 2.53 bits per heavy atom. The van der Waals surface area contributed by atoms with E-state index < -0.39 is 10.0 Å². The van der Waals surface area contributed by atoms with Gasteiger partial charge < -0.3 is 14.2 Å². The van der Waals surface area contributed by atoms with Crippen LogP contribution in [0.1, 0.15) is 16.7 Å². The molecule has 1 saturated heterocycles.